The van der Waals surface area contributed by atoms with Crippen LogP contribution in [0.5, 0.6) is 5.75 Å². The normalized spacial score (nSPS) is 17.3. The van der Waals surface area contributed by atoms with Crippen LogP contribution in [-0.4, -0.2) is 5.78 Å². The molecule has 21 heavy (non-hydrogen) atoms. The van der Waals surface area contributed by atoms with Crippen molar-refractivity contribution in [2.24, 2.45) is 0 Å². The number of benzene rings is 2. The van der Waals surface area contributed by atoms with Gasteiger partial charge >= 0.3 is 0 Å². The molecule has 0 aromatic heterocycles. The summed E-state index contributed by atoms with van der Waals surface area (Å²) in [6.45, 7) is 1.85. The summed E-state index contributed by atoms with van der Waals surface area (Å²) in [6.07, 6.45) is -0.722. The average molecular weight is 306 g/mol. The number of Topliss-reactive ketones (excluding diaryl/α,β-unsaturated/α-hetero) is 1. The van der Waals surface area contributed by atoms with E-state index in [4.69, 9.17) is 22.1 Å². The lowest BCUT2D eigenvalue weighted by Crippen LogP contribution is -2.22. The van der Waals surface area contributed by atoms with E-state index in [0.717, 1.165) is 5.56 Å². The predicted molar refractivity (Wildman–Crippen MR) is 79.3 cm³/mol. The van der Waals surface area contributed by atoms with E-state index in [0.29, 0.717) is 17.0 Å². The van der Waals surface area contributed by atoms with Crippen LogP contribution < -0.4 is 10.5 Å². The number of hydrogen-bond acceptors (Lipinski definition) is 3. The summed E-state index contributed by atoms with van der Waals surface area (Å²) in [5.74, 6) is -0.313. The van der Waals surface area contributed by atoms with Crippen LogP contribution >= 0.6 is 11.6 Å². The molecule has 0 amide bonds. The first-order valence-electron chi connectivity index (χ1n) is 6.51. The fraction of sp³-hybridized carbons (Fsp3) is 0.188. The first-order valence-corrected chi connectivity index (χ1v) is 6.89. The smallest absolute Gasteiger partial charge is 0.170 e. The number of ketones is 1. The summed E-state index contributed by atoms with van der Waals surface area (Å²) in [7, 11) is 0. The first kappa shape index (κ1) is 13.9. The molecule has 2 aromatic rings. The molecule has 3 nitrogen and oxygen atoms in total. The molecule has 5 heteroatoms. The fourth-order valence-electron chi connectivity index (χ4n) is 2.58. The maximum atomic E-state index is 14.0. The first-order chi connectivity index (χ1) is 9.97. The minimum absolute atomic E-state index is 0.0382. The van der Waals surface area contributed by atoms with Crippen LogP contribution in [-0.2, 0) is 0 Å². The number of carbonyl (C=O) groups excluding carboxylic acids is 1. The molecule has 1 heterocycles. The zero-order valence-electron chi connectivity index (χ0n) is 11.3. The third-order valence-electron chi connectivity index (χ3n) is 3.51. The maximum absolute atomic E-state index is 14.0. The Bertz CT molecular complexity index is 725. The Balaban J connectivity index is 2.09. The van der Waals surface area contributed by atoms with E-state index < -0.39 is 11.9 Å². The second-order valence-corrected chi connectivity index (χ2v) is 5.51. The molecule has 3 rings (SSSR count). The number of aryl methyl sites for hydroxylation is 1. The monoisotopic (exact) mass is 305 g/mol. The Morgan fingerprint density at radius 3 is 2.86 bits per heavy atom. The molecule has 1 unspecified atom stereocenters. The minimum atomic E-state index is -0.760. The van der Waals surface area contributed by atoms with Crippen molar-refractivity contribution in [1.82, 2.24) is 0 Å². The zero-order chi connectivity index (χ0) is 15.1. The highest BCUT2D eigenvalue weighted by molar-refractivity contribution is 6.31. The summed E-state index contributed by atoms with van der Waals surface area (Å²) in [4.78, 5) is 12.3. The quantitative estimate of drug-likeness (QED) is 0.808. The van der Waals surface area contributed by atoms with Crippen molar-refractivity contribution in [1.29, 1.82) is 0 Å². The lowest BCUT2D eigenvalue weighted by atomic mass is 9.94. The Morgan fingerprint density at radius 2 is 2.14 bits per heavy atom. The van der Waals surface area contributed by atoms with Crippen molar-refractivity contribution in [2.75, 3.05) is 5.73 Å². The second kappa shape index (κ2) is 5.04. The van der Waals surface area contributed by atoms with E-state index >= 15 is 0 Å². The summed E-state index contributed by atoms with van der Waals surface area (Å²) in [5.41, 5.74) is 7.80. The third-order valence-corrected chi connectivity index (χ3v) is 3.84. The van der Waals surface area contributed by atoms with Gasteiger partial charge in [0.25, 0.3) is 0 Å². The number of fused-ring (bicyclic) bond motifs is 1. The van der Waals surface area contributed by atoms with Gasteiger partial charge in [-0.2, -0.15) is 0 Å². The summed E-state index contributed by atoms with van der Waals surface area (Å²) in [6, 6.07) is 7.83. The standard InChI is InChI=1S/C16H13ClFNO2/c1-8-5-9-13(20)7-14(21-16(9)12(19)6-8)15-10(17)3-2-4-11(15)18/h2-6,14H,7,19H2,1H3. The minimum Gasteiger partial charge on any atom is -0.482 e. The van der Waals surface area contributed by atoms with Crippen molar-refractivity contribution in [2.45, 2.75) is 19.4 Å². The van der Waals surface area contributed by atoms with Crippen LogP contribution in [0, 0.1) is 12.7 Å². The van der Waals surface area contributed by atoms with Crippen molar-refractivity contribution in [3.05, 3.63) is 57.9 Å². The molecule has 108 valence electrons. The Morgan fingerprint density at radius 1 is 1.38 bits per heavy atom. The van der Waals surface area contributed by atoms with Crippen LogP contribution in [0.1, 0.15) is 34.0 Å². The van der Waals surface area contributed by atoms with E-state index in [-0.39, 0.29) is 22.8 Å². The molecule has 1 aliphatic heterocycles. The van der Waals surface area contributed by atoms with Gasteiger partial charge in [-0.1, -0.05) is 17.7 Å². The van der Waals surface area contributed by atoms with Crippen LogP contribution in [0.25, 0.3) is 0 Å². The molecule has 0 radical (unpaired) electrons. The largest absolute Gasteiger partial charge is 0.482 e. The van der Waals surface area contributed by atoms with E-state index in [1.807, 2.05) is 6.92 Å². The molecule has 0 fully saturated rings. The molecular formula is C16H13ClFNO2. The van der Waals surface area contributed by atoms with Crippen molar-refractivity contribution >= 4 is 23.1 Å². The molecule has 0 saturated heterocycles. The third kappa shape index (κ3) is 2.36. The lowest BCUT2D eigenvalue weighted by molar-refractivity contribution is 0.0847. The predicted octanol–water partition coefficient (Wildman–Crippen LogP) is 4.08. The molecule has 2 N–H and O–H groups in total. The molecule has 0 bridgehead atoms. The average Bonchev–Trinajstić information content (AvgIpc) is 2.40. The number of nitrogen functional groups attached to an aromatic ring is 1. The van der Waals surface area contributed by atoms with Gasteiger partial charge < -0.3 is 10.5 Å². The van der Waals surface area contributed by atoms with Crippen LogP contribution in [0.3, 0.4) is 0 Å². The van der Waals surface area contributed by atoms with Crippen molar-refractivity contribution < 1.29 is 13.9 Å². The van der Waals surface area contributed by atoms with Gasteiger partial charge in [0.1, 0.15) is 11.9 Å². The van der Waals surface area contributed by atoms with Crippen molar-refractivity contribution in [3.63, 3.8) is 0 Å². The molecule has 0 saturated carbocycles. The lowest BCUT2D eigenvalue weighted by Gasteiger charge is -2.27. The number of hydrogen-bond donors (Lipinski definition) is 1. The van der Waals surface area contributed by atoms with E-state index in [2.05, 4.69) is 0 Å². The van der Waals surface area contributed by atoms with Gasteiger partial charge in [-0.15, -0.1) is 0 Å². The molecule has 0 aliphatic carbocycles. The Kier molecular flexibility index (Phi) is 3.33. The molecule has 1 aliphatic rings. The SMILES string of the molecule is Cc1cc(N)c2c(c1)C(=O)CC(c1c(F)cccc1Cl)O2. The summed E-state index contributed by atoms with van der Waals surface area (Å²) < 4.78 is 19.8. The summed E-state index contributed by atoms with van der Waals surface area (Å²) in [5, 5.41) is 0.238. The van der Waals surface area contributed by atoms with Gasteiger partial charge in [-0.3, -0.25) is 4.79 Å². The molecular weight excluding hydrogens is 293 g/mol. The number of ether oxygens (including phenoxy) is 1. The highest BCUT2D eigenvalue weighted by atomic mass is 35.5. The van der Waals surface area contributed by atoms with Crippen LogP contribution in [0.2, 0.25) is 5.02 Å². The van der Waals surface area contributed by atoms with Gasteiger partial charge in [0.05, 0.1) is 22.7 Å². The van der Waals surface area contributed by atoms with Crippen LogP contribution in [0.4, 0.5) is 10.1 Å². The zero-order valence-corrected chi connectivity index (χ0v) is 12.1. The van der Waals surface area contributed by atoms with Gasteiger partial charge in [-0.05, 0) is 36.8 Å². The highest BCUT2D eigenvalue weighted by Gasteiger charge is 2.32. The van der Waals surface area contributed by atoms with Gasteiger partial charge in [0, 0.05) is 5.56 Å². The number of anilines is 1. The Hall–Kier alpha value is -2.07. The fourth-order valence-corrected chi connectivity index (χ4v) is 2.87. The highest BCUT2D eigenvalue weighted by Crippen LogP contribution is 2.41. The number of halogens is 2. The van der Waals surface area contributed by atoms with Crippen molar-refractivity contribution in [3.8, 4) is 5.75 Å². The van der Waals surface area contributed by atoms with E-state index in [1.54, 1.807) is 18.2 Å². The number of nitrogens with two attached hydrogens (primary N) is 1. The Labute approximate surface area is 126 Å². The van der Waals surface area contributed by atoms with Gasteiger partial charge in [-0.25, -0.2) is 4.39 Å². The number of rotatable bonds is 1. The molecule has 1 atom stereocenters. The van der Waals surface area contributed by atoms with E-state index in [9.17, 15) is 9.18 Å². The molecule has 2 aromatic carbocycles. The van der Waals surface area contributed by atoms with Gasteiger partial charge in [0.2, 0.25) is 0 Å². The van der Waals surface area contributed by atoms with Crippen LogP contribution in [0.15, 0.2) is 30.3 Å². The van der Waals surface area contributed by atoms with Gasteiger partial charge in [0.15, 0.2) is 11.5 Å². The summed E-state index contributed by atoms with van der Waals surface area (Å²) >= 11 is 6.04. The topological polar surface area (TPSA) is 52.3 Å². The number of carbonyl (C=O) groups is 1. The second-order valence-electron chi connectivity index (χ2n) is 5.10. The maximum Gasteiger partial charge on any atom is 0.170 e. The molecule has 0 spiro atoms. The van der Waals surface area contributed by atoms with E-state index in [1.165, 1.54) is 12.1 Å².